The number of aromatic nitrogens is 4. The molecule has 4 rings (SSSR count). The van der Waals surface area contributed by atoms with Crippen LogP contribution in [0.4, 0.5) is 0 Å². The Hall–Kier alpha value is -3.54. The Morgan fingerprint density at radius 3 is 2.57 bits per heavy atom. The smallest absolute Gasteiger partial charge is 0.160 e. The molecule has 0 unspecified atom stereocenters. The van der Waals surface area contributed by atoms with Crippen LogP contribution in [-0.4, -0.2) is 31.5 Å². The number of hydrogen-bond donors (Lipinski definition) is 1. The second kappa shape index (κ2) is 7.60. The third-order valence-electron chi connectivity index (χ3n) is 4.75. The first kappa shape index (κ1) is 17.9. The van der Waals surface area contributed by atoms with Crippen LogP contribution in [0, 0.1) is 0 Å². The van der Waals surface area contributed by atoms with Crippen molar-refractivity contribution in [3.05, 3.63) is 72.8 Å². The molecule has 0 atom stereocenters. The number of benzene rings is 2. The molecule has 2 aromatic heterocycles. The molecule has 6 nitrogen and oxygen atoms in total. The van der Waals surface area contributed by atoms with Crippen LogP contribution in [0.1, 0.15) is 5.56 Å². The van der Waals surface area contributed by atoms with Gasteiger partial charge in [0.15, 0.2) is 11.5 Å². The fourth-order valence-electron chi connectivity index (χ4n) is 3.35. The highest BCUT2D eigenvalue weighted by atomic mass is 16.5. The van der Waals surface area contributed by atoms with Crippen LogP contribution in [0.15, 0.2) is 67.3 Å². The van der Waals surface area contributed by atoms with Crippen LogP contribution in [-0.2, 0) is 20.0 Å². The van der Waals surface area contributed by atoms with Gasteiger partial charge < -0.3 is 14.4 Å². The summed E-state index contributed by atoms with van der Waals surface area (Å²) in [5, 5.41) is 14.3. The van der Waals surface area contributed by atoms with Crippen LogP contribution in [0.2, 0.25) is 0 Å². The van der Waals surface area contributed by atoms with E-state index in [2.05, 4.69) is 26.8 Å². The molecule has 1 N–H and O–H groups in total. The van der Waals surface area contributed by atoms with Crippen molar-refractivity contribution in [2.45, 2.75) is 13.0 Å². The zero-order valence-corrected chi connectivity index (χ0v) is 15.9. The van der Waals surface area contributed by atoms with Crippen molar-refractivity contribution in [1.82, 2.24) is 19.3 Å². The van der Waals surface area contributed by atoms with Gasteiger partial charge in [0.25, 0.3) is 0 Å². The number of rotatable bonds is 6. The number of aryl methyl sites for hydroxylation is 3. The van der Waals surface area contributed by atoms with Crippen LogP contribution in [0.3, 0.4) is 0 Å². The van der Waals surface area contributed by atoms with E-state index in [1.54, 1.807) is 23.9 Å². The Kier molecular flexibility index (Phi) is 4.85. The van der Waals surface area contributed by atoms with Gasteiger partial charge in [0.1, 0.15) is 0 Å². The summed E-state index contributed by atoms with van der Waals surface area (Å²) < 4.78 is 9.05. The minimum atomic E-state index is 0.156. The highest BCUT2D eigenvalue weighted by Crippen LogP contribution is 2.31. The normalized spacial score (nSPS) is 10.9. The lowest BCUT2D eigenvalue weighted by molar-refractivity contribution is 0.373. The predicted octanol–water partition coefficient (Wildman–Crippen LogP) is 3.91. The minimum absolute atomic E-state index is 0.156. The van der Waals surface area contributed by atoms with Crippen LogP contribution in [0.5, 0.6) is 11.5 Å². The van der Waals surface area contributed by atoms with Gasteiger partial charge in [-0.2, -0.15) is 5.10 Å². The van der Waals surface area contributed by atoms with E-state index in [1.165, 1.54) is 0 Å². The van der Waals surface area contributed by atoms with E-state index in [1.807, 2.05) is 50.0 Å². The van der Waals surface area contributed by atoms with Gasteiger partial charge in [-0.3, -0.25) is 4.68 Å². The molecule has 2 aromatic carbocycles. The van der Waals surface area contributed by atoms with Crippen molar-refractivity contribution >= 4 is 0 Å². The highest BCUT2D eigenvalue weighted by molar-refractivity contribution is 5.78. The van der Waals surface area contributed by atoms with Gasteiger partial charge in [0.05, 0.1) is 31.0 Å². The second-order valence-corrected chi connectivity index (χ2v) is 6.66. The quantitative estimate of drug-likeness (QED) is 0.556. The van der Waals surface area contributed by atoms with Crippen molar-refractivity contribution in [1.29, 1.82) is 0 Å². The van der Waals surface area contributed by atoms with E-state index in [9.17, 15) is 5.11 Å². The lowest BCUT2D eigenvalue weighted by atomic mass is 10.1. The Balaban J connectivity index is 1.67. The summed E-state index contributed by atoms with van der Waals surface area (Å²) in [6, 6.07) is 15.7. The number of methoxy groups -OCH3 is 1. The van der Waals surface area contributed by atoms with Gasteiger partial charge >= 0.3 is 0 Å². The van der Waals surface area contributed by atoms with Crippen molar-refractivity contribution < 1.29 is 9.84 Å². The summed E-state index contributed by atoms with van der Waals surface area (Å²) >= 11 is 0. The first-order chi connectivity index (χ1) is 13.7. The summed E-state index contributed by atoms with van der Waals surface area (Å²) in [7, 11) is 3.46. The second-order valence-electron chi connectivity index (χ2n) is 6.66. The molecule has 142 valence electrons. The van der Waals surface area contributed by atoms with E-state index in [0.717, 1.165) is 41.0 Å². The van der Waals surface area contributed by atoms with E-state index in [4.69, 9.17) is 4.74 Å². The zero-order chi connectivity index (χ0) is 19.5. The Labute approximate surface area is 163 Å². The van der Waals surface area contributed by atoms with Crippen LogP contribution < -0.4 is 4.74 Å². The number of nitrogens with zero attached hydrogens (tertiary/aromatic N) is 4. The lowest BCUT2D eigenvalue weighted by Gasteiger charge is -2.10. The first-order valence-electron chi connectivity index (χ1n) is 9.11. The van der Waals surface area contributed by atoms with Crippen LogP contribution >= 0.6 is 0 Å². The minimum Gasteiger partial charge on any atom is -0.504 e. The van der Waals surface area contributed by atoms with E-state index in [0.29, 0.717) is 5.75 Å². The lowest BCUT2D eigenvalue weighted by Crippen LogP contribution is -2.02. The fraction of sp³-hybridized carbons (Fsp3) is 0.182. The largest absolute Gasteiger partial charge is 0.504 e. The van der Waals surface area contributed by atoms with E-state index >= 15 is 0 Å². The summed E-state index contributed by atoms with van der Waals surface area (Å²) in [5.41, 5.74) is 5.10. The molecule has 4 aromatic rings. The topological polar surface area (TPSA) is 65.1 Å². The van der Waals surface area contributed by atoms with Crippen LogP contribution in [0.25, 0.3) is 22.5 Å². The van der Waals surface area contributed by atoms with Crippen molar-refractivity contribution in [3.63, 3.8) is 0 Å². The molecule has 0 radical (unpaired) electrons. The molecule has 0 aliphatic carbocycles. The molecule has 0 amide bonds. The number of ether oxygens (including phenoxy) is 1. The van der Waals surface area contributed by atoms with Gasteiger partial charge in [-0.15, -0.1) is 0 Å². The number of phenols is 1. The molecule has 6 heteroatoms. The van der Waals surface area contributed by atoms with Gasteiger partial charge in [-0.25, -0.2) is 4.98 Å². The zero-order valence-electron chi connectivity index (χ0n) is 15.9. The predicted molar refractivity (Wildman–Crippen MR) is 108 cm³/mol. The molecule has 0 spiro atoms. The van der Waals surface area contributed by atoms with Crippen molar-refractivity contribution in [2.75, 3.05) is 7.11 Å². The van der Waals surface area contributed by atoms with Gasteiger partial charge in [0, 0.05) is 30.9 Å². The average Bonchev–Trinajstić information content (AvgIpc) is 3.33. The number of imidazole rings is 1. The molecule has 0 saturated heterocycles. The standard InChI is InChI=1S/C22H22N4O2/c1-25-14-18(13-24-25)22-21(17-6-4-3-5-7-17)23-15-26(22)11-10-16-8-9-20(28-2)19(27)12-16/h3-9,12-15,27H,10-11H2,1-2H3. The van der Waals surface area contributed by atoms with Gasteiger partial charge in [0.2, 0.25) is 0 Å². The Morgan fingerprint density at radius 1 is 1.07 bits per heavy atom. The number of hydrogen-bond acceptors (Lipinski definition) is 4. The molecule has 2 heterocycles. The fourth-order valence-corrected chi connectivity index (χ4v) is 3.35. The summed E-state index contributed by atoms with van der Waals surface area (Å²) in [6.45, 7) is 0.732. The molecule has 0 saturated carbocycles. The Morgan fingerprint density at radius 2 is 1.89 bits per heavy atom. The summed E-state index contributed by atoms with van der Waals surface area (Å²) in [5.74, 6) is 0.636. The molecular weight excluding hydrogens is 352 g/mol. The third kappa shape index (κ3) is 3.49. The summed E-state index contributed by atoms with van der Waals surface area (Å²) in [4.78, 5) is 4.69. The maximum atomic E-state index is 10.0. The molecule has 0 aliphatic heterocycles. The molecule has 28 heavy (non-hydrogen) atoms. The molecule has 0 bridgehead atoms. The maximum Gasteiger partial charge on any atom is 0.160 e. The highest BCUT2D eigenvalue weighted by Gasteiger charge is 2.16. The molecular formula is C22H22N4O2. The summed E-state index contributed by atoms with van der Waals surface area (Å²) in [6.07, 6.45) is 6.49. The molecule has 0 fully saturated rings. The maximum absolute atomic E-state index is 10.0. The van der Waals surface area contributed by atoms with Gasteiger partial charge in [-0.05, 0) is 24.1 Å². The first-order valence-corrected chi connectivity index (χ1v) is 9.11. The average molecular weight is 374 g/mol. The van der Waals surface area contributed by atoms with Gasteiger partial charge in [-0.1, -0.05) is 36.4 Å². The van der Waals surface area contributed by atoms with E-state index in [-0.39, 0.29) is 5.75 Å². The van der Waals surface area contributed by atoms with E-state index < -0.39 is 0 Å². The third-order valence-corrected chi connectivity index (χ3v) is 4.75. The monoisotopic (exact) mass is 374 g/mol. The number of phenolic OH excluding ortho intramolecular Hbond substituents is 1. The number of aromatic hydroxyl groups is 1. The SMILES string of the molecule is COc1ccc(CCn2cnc(-c3ccccc3)c2-c2cnn(C)c2)cc1O. The van der Waals surface area contributed by atoms with Crippen molar-refractivity contribution in [2.24, 2.45) is 7.05 Å². The Bertz CT molecular complexity index is 1080. The van der Waals surface area contributed by atoms with Crippen molar-refractivity contribution in [3.8, 4) is 34.0 Å². The molecule has 0 aliphatic rings.